The van der Waals surface area contributed by atoms with Crippen molar-refractivity contribution in [1.29, 1.82) is 0 Å². The van der Waals surface area contributed by atoms with Crippen LogP contribution < -0.4 is 0 Å². The summed E-state index contributed by atoms with van der Waals surface area (Å²) in [6.45, 7) is 4.54. The lowest BCUT2D eigenvalue weighted by Gasteiger charge is -1.99. The van der Waals surface area contributed by atoms with Crippen LogP contribution in [-0.2, 0) is 0 Å². The van der Waals surface area contributed by atoms with E-state index in [-0.39, 0.29) is 0 Å². The van der Waals surface area contributed by atoms with Crippen molar-refractivity contribution in [3.05, 3.63) is 18.6 Å². The van der Waals surface area contributed by atoms with E-state index < -0.39 is 0 Å². The molecule has 0 heteroatoms. The van der Waals surface area contributed by atoms with E-state index >= 15 is 0 Å². The fourth-order valence-electron chi connectivity index (χ4n) is 2.00. The van der Waals surface area contributed by atoms with Crippen molar-refractivity contribution < 1.29 is 0 Å². The summed E-state index contributed by atoms with van der Waals surface area (Å²) in [5.41, 5.74) is 0. The third kappa shape index (κ3) is 15.7. The normalized spacial score (nSPS) is 11.4. The summed E-state index contributed by atoms with van der Waals surface area (Å²) >= 11 is 0. The van der Waals surface area contributed by atoms with Gasteiger partial charge >= 0.3 is 0 Å². The molecule has 0 atom stereocenters. The lowest BCUT2D eigenvalue weighted by Crippen LogP contribution is -1.80. The lowest BCUT2D eigenvalue weighted by molar-refractivity contribution is 0.622. The zero-order valence-corrected chi connectivity index (χ0v) is 12.2. The van der Waals surface area contributed by atoms with Gasteiger partial charge in [-0.3, -0.25) is 0 Å². The topological polar surface area (TPSA) is 0 Å². The fraction of sp³-hybridized carbons (Fsp3) is 0.824. The van der Waals surface area contributed by atoms with E-state index in [1.165, 1.54) is 77.0 Å². The summed E-state index contributed by atoms with van der Waals surface area (Å²) in [6, 6.07) is 0. The minimum absolute atomic E-state index is 1.25. The van der Waals surface area contributed by atoms with Gasteiger partial charge in [-0.15, -0.1) is 0 Å². The van der Waals surface area contributed by atoms with Crippen molar-refractivity contribution in [2.24, 2.45) is 0 Å². The Morgan fingerprint density at radius 2 is 1.12 bits per heavy atom. The average molecular weight is 237 g/mol. The van der Waals surface area contributed by atoms with Gasteiger partial charge in [0.1, 0.15) is 0 Å². The van der Waals surface area contributed by atoms with E-state index in [1.54, 1.807) is 0 Å². The maximum absolute atomic E-state index is 2.47. The standard InChI is InChI=1S/C17H33/c1-3-5-7-9-11-13-15-17-16-14-12-10-8-6-4-2/h11,13,16H,3-10,12,14-15,17H2,1-2H3/b13-11-. The van der Waals surface area contributed by atoms with E-state index in [1.807, 2.05) is 0 Å². The maximum atomic E-state index is 2.47. The van der Waals surface area contributed by atoms with Crippen LogP contribution in [0.15, 0.2) is 12.2 Å². The van der Waals surface area contributed by atoms with Crippen LogP contribution in [0.3, 0.4) is 0 Å². The number of hydrogen-bond acceptors (Lipinski definition) is 0. The molecule has 0 nitrogen and oxygen atoms in total. The molecule has 0 aliphatic carbocycles. The molecular weight excluding hydrogens is 204 g/mol. The van der Waals surface area contributed by atoms with E-state index in [0.29, 0.717) is 0 Å². The highest BCUT2D eigenvalue weighted by Crippen LogP contribution is 2.09. The molecule has 0 aliphatic heterocycles. The summed E-state index contributed by atoms with van der Waals surface area (Å²) in [7, 11) is 0. The average Bonchev–Trinajstić information content (AvgIpc) is 2.35. The lowest BCUT2D eigenvalue weighted by atomic mass is 10.1. The van der Waals surface area contributed by atoms with Crippen molar-refractivity contribution in [3.8, 4) is 0 Å². The first kappa shape index (κ1) is 16.7. The maximum Gasteiger partial charge on any atom is -0.0348 e. The van der Waals surface area contributed by atoms with Crippen LogP contribution in [0.1, 0.15) is 90.9 Å². The molecule has 0 unspecified atom stereocenters. The van der Waals surface area contributed by atoms with Gasteiger partial charge in [0.15, 0.2) is 0 Å². The Hall–Kier alpha value is -0.260. The van der Waals surface area contributed by atoms with Crippen LogP contribution in [0.2, 0.25) is 0 Å². The van der Waals surface area contributed by atoms with Crippen molar-refractivity contribution in [1.82, 2.24) is 0 Å². The predicted octanol–water partition coefficient (Wildman–Crippen LogP) is 6.47. The molecule has 0 saturated heterocycles. The summed E-state index contributed by atoms with van der Waals surface area (Å²) in [6.07, 6.45) is 23.5. The molecule has 17 heavy (non-hydrogen) atoms. The number of rotatable bonds is 13. The number of hydrogen-bond donors (Lipinski definition) is 0. The second kappa shape index (κ2) is 15.7. The Bertz CT molecular complexity index is 146. The molecule has 1 radical (unpaired) electrons. The van der Waals surface area contributed by atoms with Gasteiger partial charge in [-0.2, -0.15) is 0 Å². The predicted molar refractivity (Wildman–Crippen MR) is 80.2 cm³/mol. The second-order valence-corrected chi connectivity index (χ2v) is 5.04. The van der Waals surface area contributed by atoms with Gasteiger partial charge in [0, 0.05) is 0 Å². The molecule has 0 heterocycles. The first-order chi connectivity index (χ1) is 8.41. The molecule has 0 aromatic rings. The quantitative estimate of drug-likeness (QED) is 0.254. The molecule has 0 bridgehead atoms. The largest absolute Gasteiger partial charge is 0.0885 e. The van der Waals surface area contributed by atoms with Gasteiger partial charge in [-0.05, 0) is 32.1 Å². The van der Waals surface area contributed by atoms with Crippen LogP contribution in [0.4, 0.5) is 0 Å². The summed E-state index contributed by atoms with van der Waals surface area (Å²) in [5, 5.41) is 0. The zero-order chi connectivity index (χ0) is 12.6. The van der Waals surface area contributed by atoms with Gasteiger partial charge in [0.05, 0.1) is 0 Å². The van der Waals surface area contributed by atoms with Crippen LogP contribution in [0.25, 0.3) is 0 Å². The van der Waals surface area contributed by atoms with Crippen LogP contribution in [0, 0.1) is 6.42 Å². The van der Waals surface area contributed by atoms with E-state index in [0.717, 1.165) is 0 Å². The Labute approximate surface area is 110 Å². The minimum atomic E-state index is 1.25. The molecule has 101 valence electrons. The number of allylic oxidation sites excluding steroid dienone is 2. The first-order valence-corrected chi connectivity index (χ1v) is 7.88. The Kier molecular flexibility index (Phi) is 15.5. The molecule has 0 aliphatic rings. The number of unbranched alkanes of at least 4 members (excludes halogenated alkanes) is 11. The Morgan fingerprint density at radius 3 is 1.88 bits per heavy atom. The van der Waals surface area contributed by atoms with E-state index in [4.69, 9.17) is 0 Å². The molecule has 0 aromatic heterocycles. The van der Waals surface area contributed by atoms with Gasteiger partial charge in [0.25, 0.3) is 0 Å². The van der Waals surface area contributed by atoms with E-state index in [9.17, 15) is 0 Å². The van der Waals surface area contributed by atoms with E-state index in [2.05, 4.69) is 32.4 Å². The monoisotopic (exact) mass is 237 g/mol. The molecule has 0 rings (SSSR count). The molecule has 0 amide bonds. The van der Waals surface area contributed by atoms with Gasteiger partial charge in [-0.25, -0.2) is 0 Å². The van der Waals surface area contributed by atoms with Gasteiger partial charge < -0.3 is 0 Å². The molecule has 0 spiro atoms. The van der Waals surface area contributed by atoms with Crippen molar-refractivity contribution in [2.45, 2.75) is 90.9 Å². The van der Waals surface area contributed by atoms with Crippen LogP contribution in [-0.4, -0.2) is 0 Å². The molecular formula is C17H33. The Balaban J connectivity index is 2.97. The third-order valence-electron chi connectivity index (χ3n) is 3.19. The summed E-state index contributed by atoms with van der Waals surface area (Å²) in [4.78, 5) is 0. The molecule has 0 aromatic carbocycles. The van der Waals surface area contributed by atoms with Crippen molar-refractivity contribution in [3.63, 3.8) is 0 Å². The highest BCUT2D eigenvalue weighted by molar-refractivity contribution is 4.83. The highest BCUT2D eigenvalue weighted by Gasteiger charge is 1.90. The van der Waals surface area contributed by atoms with Crippen molar-refractivity contribution >= 4 is 0 Å². The third-order valence-corrected chi connectivity index (χ3v) is 3.19. The van der Waals surface area contributed by atoms with Crippen LogP contribution in [0.5, 0.6) is 0 Å². The van der Waals surface area contributed by atoms with Gasteiger partial charge in [-0.1, -0.05) is 77.4 Å². The zero-order valence-electron chi connectivity index (χ0n) is 12.2. The smallest absolute Gasteiger partial charge is 0.0348 e. The summed E-state index contributed by atoms with van der Waals surface area (Å²) in [5.74, 6) is 0. The SMILES string of the molecule is CCCCC/C=C\CC[CH]CCCCCCC. The Morgan fingerprint density at radius 1 is 0.529 bits per heavy atom. The van der Waals surface area contributed by atoms with Gasteiger partial charge in [0.2, 0.25) is 0 Å². The first-order valence-electron chi connectivity index (χ1n) is 7.88. The molecule has 0 N–H and O–H groups in total. The highest BCUT2D eigenvalue weighted by atomic mass is 14.0. The minimum Gasteiger partial charge on any atom is -0.0885 e. The molecule has 0 fully saturated rings. The summed E-state index contributed by atoms with van der Waals surface area (Å²) < 4.78 is 0. The van der Waals surface area contributed by atoms with Crippen molar-refractivity contribution in [2.75, 3.05) is 0 Å². The molecule has 0 saturated carbocycles. The fourth-order valence-corrected chi connectivity index (χ4v) is 2.00. The second-order valence-electron chi connectivity index (χ2n) is 5.04. The van der Waals surface area contributed by atoms with Crippen LogP contribution >= 0.6 is 0 Å².